The summed E-state index contributed by atoms with van der Waals surface area (Å²) >= 11 is 0. The van der Waals surface area contributed by atoms with E-state index in [4.69, 9.17) is 4.74 Å². The second-order valence-electron chi connectivity index (χ2n) is 14.3. The molecule has 0 radical (unpaired) electrons. The molecule has 4 rings (SSSR count). The molecule has 0 saturated carbocycles. The Kier molecular flexibility index (Phi) is 13.1. The summed E-state index contributed by atoms with van der Waals surface area (Å²) in [6.07, 6.45) is -0.803. The van der Waals surface area contributed by atoms with Crippen LogP contribution in [-0.2, 0) is 27.2 Å². The smallest absolute Gasteiger partial charge is 0.444 e. The summed E-state index contributed by atoms with van der Waals surface area (Å²) in [5.74, 6) is -2.39. The van der Waals surface area contributed by atoms with Crippen LogP contribution in [0.3, 0.4) is 0 Å². The van der Waals surface area contributed by atoms with E-state index in [2.05, 4.69) is 20.4 Å². The molecular formula is C37H48F3N5O6. The minimum absolute atomic E-state index is 0.0190. The van der Waals surface area contributed by atoms with Crippen LogP contribution in [0.2, 0.25) is 0 Å². The molecule has 3 amide bonds. The van der Waals surface area contributed by atoms with Gasteiger partial charge in [-0.1, -0.05) is 56.3 Å². The van der Waals surface area contributed by atoms with Crippen molar-refractivity contribution in [2.75, 3.05) is 13.1 Å². The minimum atomic E-state index is -4.87. The molecule has 1 fully saturated rings. The van der Waals surface area contributed by atoms with Gasteiger partial charge in [-0.15, -0.1) is 13.2 Å². The lowest BCUT2D eigenvalue weighted by molar-refractivity contribution is -0.274. The number of benzene rings is 2. The van der Waals surface area contributed by atoms with Gasteiger partial charge in [0.15, 0.2) is 0 Å². The van der Waals surface area contributed by atoms with Gasteiger partial charge >= 0.3 is 12.5 Å². The Morgan fingerprint density at radius 3 is 2.24 bits per heavy atom. The quantitative estimate of drug-likeness (QED) is 0.202. The van der Waals surface area contributed by atoms with Gasteiger partial charge < -0.3 is 34.7 Å². The van der Waals surface area contributed by atoms with Crippen LogP contribution < -0.4 is 15.4 Å². The molecule has 1 aromatic heterocycles. The Balaban J connectivity index is 1.56. The molecule has 0 aliphatic carbocycles. The Morgan fingerprint density at radius 2 is 1.65 bits per heavy atom. The average Bonchev–Trinajstić information content (AvgIpc) is 3.75. The number of aliphatic hydroxyl groups is 1. The molecule has 11 nitrogen and oxygen atoms in total. The van der Waals surface area contributed by atoms with Gasteiger partial charge in [-0.05, 0) is 75.6 Å². The van der Waals surface area contributed by atoms with Gasteiger partial charge in [0.1, 0.15) is 17.4 Å². The van der Waals surface area contributed by atoms with Crippen molar-refractivity contribution in [2.45, 2.75) is 96.5 Å². The third-order valence-corrected chi connectivity index (χ3v) is 8.65. The number of aromatic nitrogens is 2. The number of rotatable bonds is 14. The van der Waals surface area contributed by atoms with E-state index in [1.807, 2.05) is 54.9 Å². The van der Waals surface area contributed by atoms with Crippen molar-refractivity contribution < 1.29 is 42.1 Å². The van der Waals surface area contributed by atoms with E-state index in [0.717, 1.165) is 24.1 Å². The zero-order valence-corrected chi connectivity index (χ0v) is 29.6. The van der Waals surface area contributed by atoms with Gasteiger partial charge in [-0.3, -0.25) is 9.59 Å². The zero-order chi connectivity index (χ0) is 37.3. The number of carbonyl (C=O) groups excluding carboxylic acids is 3. The number of carbonyl (C=O) groups is 3. The minimum Gasteiger partial charge on any atom is -0.444 e. The maximum atomic E-state index is 14.1. The Morgan fingerprint density at radius 1 is 0.980 bits per heavy atom. The van der Waals surface area contributed by atoms with Gasteiger partial charge in [0.25, 0.3) is 0 Å². The molecule has 3 N–H and O–H groups in total. The monoisotopic (exact) mass is 715 g/mol. The molecule has 278 valence electrons. The fraction of sp³-hybridized carbons (Fsp3) is 0.514. The number of alkyl halides is 3. The lowest BCUT2D eigenvalue weighted by Crippen LogP contribution is -2.53. The van der Waals surface area contributed by atoms with E-state index >= 15 is 0 Å². The second kappa shape index (κ2) is 17.1. The van der Waals surface area contributed by atoms with E-state index in [1.165, 1.54) is 12.1 Å². The molecule has 14 heteroatoms. The summed E-state index contributed by atoms with van der Waals surface area (Å²) < 4.78 is 49.8. The number of likely N-dealkylation sites (tertiary alicyclic amines) is 1. The van der Waals surface area contributed by atoms with E-state index in [0.29, 0.717) is 18.7 Å². The first-order chi connectivity index (χ1) is 24.0. The summed E-state index contributed by atoms with van der Waals surface area (Å²) in [5, 5.41) is 17.3. The van der Waals surface area contributed by atoms with Gasteiger partial charge in [-0.2, -0.15) is 0 Å². The van der Waals surface area contributed by atoms with Crippen LogP contribution in [0.15, 0.2) is 73.3 Å². The van der Waals surface area contributed by atoms with Crippen LogP contribution in [-0.4, -0.2) is 80.7 Å². The number of halogens is 3. The van der Waals surface area contributed by atoms with Crippen molar-refractivity contribution >= 4 is 17.9 Å². The average molecular weight is 716 g/mol. The van der Waals surface area contributed by atoms with Crippen molar-refractivity contribution in [2.24, 2.45) is 11.8 Å². The molecule has 1 saturated heterocycles. The predicted octanol–water partition coefficient (Wildman–Crippen LogP) is 5.44. The number of nitrogens with zero attached hydrogens (tertiary/aromatic N) is 3. The number of aliphatic hydroxyl groups excluding tert-OH is 1. The summed E-state index contributed by atoms with van der Waals surface area (Å²) in [4.78, 5) is 46.6. The van der Waals surface area contributed by atoms with Crippen molar-refractivity contribution in [3.05, 3.63) is 84.4 Å². The van der Waals surface area contributed by atoms with Crippen molar-refractivity contribution in [1.82, 2.24) is 25.1 Å². The molecule has 2 aromatic carbocycles. The van der Waals surface area contributed by atoms with E-state index in [9.17, 15) is 32.7 Å². The van der Waals surface area contributed by atoms with Crippen molar-refractivity contribution in [3.8, 4) is 5.75 Å². The summed E-state index contributed by atoms with van der Waals surface area (Å²) in [5.41, 5.74) is 0.527. The van der Waals surface area contributed by atoms with Crippen molar-refractivity contribution in [1.29, 1.82) is 0 Å². The fourth-order valence-corrected chi connectivity index (χ4v) is 6.11. The lowest BCUT2D eigenvalue weighted by Gasteiger charge is -2.31. The number of ether oxygens (including phenoxy) is 2. The second-order valence-corrected chi connectivity index (χ2v) is 14.3. The predicted molar refractivity (Wildman–Crippen MR) is 183 cm³/mol. The van der Waals surface area contributed by atoms with Crippen LogP contribution in [0.5, 0.6) is 5.75 Å². The Bertz CT molecular complexity index is 1560. The van der Waals surface area contributed by atoms with Gasteiger partial charge in [0, 0.05) is 31.4 Å². The molecule has 51 heavy (non-hydrogen) atoms. The third kappa shape index (κ3) is 12.3. The van der Waals surface area contributed by atoms with Crippen LogP contribution >= 0.6 is 0 Å². The number of amides is 3. The first-order valence-corrected chi connectivity index (χ1v) is 17.1. The van der Waals surface area contributed by atoms with Crippen LogP contribution in [0, 0.1) is 11.8 Å². The highest BCUT2D eigenvalue weighted by molar-refractivity contribution is 5.89. The number of nitrogens with one attached hydrogen (secondary N) is 2. The third-order valence-electron chi connectivity index (χ3n) is 8.65. The van der Waals surface area contributed by atoms with Gasteiger partial charge in [-0.25, -0.2) is 9.78 Å². The standard InChI is InChI=1S/C37H48F3N5O6/c1-24(2)32(34(48)44-17-15-28(22-44)45-18-16-41-23-45)43-33(47)27(19-26-11-13-29(14-12-26)50-37(38,39)40)21-31(46)30(20-25-9-7-6-8-10-25)42-35(49)51-36(3,4)5/h6-14,16,18,23-24,27-28,30-32,46H,15,17,19-22H2,1-5H3,(H,42,49)(H,43,47)/t27-,28+,30+,31+,32+/m1/s1. The molecule has 1 aliphatic heterocycles. The van der Waals surface area contributed by atoms with E-state index in [1.54, 1.807) is 38.2 Å². The summed E-state index contributed by atoms with van der Waals surface area (Å²) in [6.45, 7) is 9.77. The molecule has 1 aliphatic rings. The first kappa shape index (κ1) is 39.2. The maximum Gasteiger partial charge on any atom is 0.573 e. The lowest BCUT2D eigenvalue weighted by atomic mass is 9.88. The number of hydrogen-bond acceptors (Lipinski definition) is 7. The first-order valence-electron chi connectivity index (χ1n) is 17.1. The highest BCUT2D eigenvalue weighted by Crippen LogP contribution is 2.26. The fourth-order valence-electron chi connectivity index (χ4n) is 6.11. The number of hydrogen-bond donors (Lipinski definition) is 3. The number of imidazole rings is 1. The molecule has 2 heterocycles. The van der Waals surface area contributed by atoms with Crippen LogP contribution in [0.25, 0.3) is 0 Å². The Labute approximate surface area is 296 Å². The largest absolute Gasteiger partial charge is 0.573 e. The Hall–Kier alpha value is -4.59. The summed E-state index contributed by atoms with van der Waals surface area (Å²) in [7, 11) is 0. The van der Waals surface area contributed by atoms with E-state index in [-0.39, 0.29) is 37.1 Å². The van der Waals surface area contributed by atoms with Crippen LogP contribution in [0.4, 0.5) is 18.0 Å². The normalized spacial score (nSPS) is 17.4. The number of alkyl carbamates (subject to hydrolysis) is 1. The SMILES string of the molecule is CC(C)[C@H](NC(=O)[C@H](Cc1ccc(OC(F)(F)F)cc1)C[C@H](O)[C@H](Cc1ccccc1)NC(=O)OC(C)(C)C)C(=O)N1CC[C@H](n2ccnc2)C1. The zero-order valence-electron chi connectivity index (χ0n) is 29.6. The molecule has 3 aromatic rings. The topological polar surface area (TPSA) is 135 Å². The van der Waals surface area contributed by atoms with Crippen LogP contribution in [0.1, 0.15) is 64.6 Å². The van der Waals surface area contributed by atoms with Gasteiger partial charge in [0.2, 0.25) is 11.8 Å². The molecular weight excluding hydrogens is 667 g/mol. The van der Waals surface area contributed by atoms with E-state index < -0.39 is 53.8 Å². The summed E-state index contributed by atoms with van der Waals surface area (Å²) in [6, 6.07) is 12.7. The van der Waals surface area contributed by atoms with Crippen molar-refractivity contribution in [3.63, 3.8) is 0 Å². The molecule has 0 spiro atoms. The molecule has 5 atom stereocenters. The molecule has 0 unspecified atom stereocenters. The molecule has 0 bridgehead atoms. The highest BCUT2D eigenvalue weighted by atomic mass is 19.4. The highest BCUT2D eigenvalue weighted by Gasteiger charge is 2.37. The maximum absolute atomic E-state index is 14.1. The van der Waals surface area contributed by atoms with Gasteiger partial charge in [0.05, 0.1) is 24.5 Å².